The fraction of sp³-hybridized carbons (Fsp3) is 0.417. The molecule has 0 saturated heterocycles. The van der Waals surface area contributed by atoms with Gasteiger partial charge in [-0.1, -0.05) is 48.9 Å². The van der Waals surface area contributed by atoms with Gasteiger partial charge in [0.15, 0.2) is 6.61 Å². The highest BCUT2D eigenvalue weighted by molar-refractivity contribution is 6.32. The second-order valence-electron chi connectivity index (χ2n) is 7.66. The average molecular weight is 431 g/mol. The lowest BCUT2D eigenvalue weighted by molar-refractivity contribution is -0.142. The van der Waals surface area contributed by atoms with Crippen LogP contribution in [0.3, 0.4) is 0 Å². The van der Waals surface area contributed by atoms with Crippen LogP contribution >= 0.6 is 11.6 Å². The number of aryl methyl sites for hydroxylation is 2. The molecule has 30 heavy (non-hydrogen) atoms. The molecule has 0 unspecified atom stereocenters. The third-order valence-electron chi connectivity index (χ3n) is 5.14. The maximum absolute atomic E-state index is 13.1. The van der Waals surface area contributed by atoms with E-state index in [1.54, 1.807) is 11.8 Å². The third kappa shape index (κ3) is 6.49. The molecular formula is C24H31ClN2O3. The molecule has 5 nitrogen and oxygen atoms in total. The predicted octanol–water partition coefficient (Wildman–Crippen LogP) is 4.67. The summed E-state index contributed by atoms with van der Waals surface area (Å²) >= 11 is 6.21. The van der Waals surface area contributed by atoms with Gasteiger partial charge in [0.1, 0.15) is 11.8 Å². The summed E-state index contributed by atoms with van der Waals surface area (Å²) in [5, 5.41) is 3.65. The fourth-order valence-electron chi connectivity index (χ4n) is 3.05. The van der Waals surface area contributed by atoms with Crippen molar-refractivity contribution in [2.75, 3.05) is 6.61 Å². The Morgan fingerprint density at radius 3 is 2.27 bits per heavy atom. The number of halogens is 1. The van der Waals surface area contributed by atoms with Crippen LogP contribution in [-0.2, 0) is 16.1 Å². The van der Waals surface area contributed by atoms with Crippen molar-refractivity contribution in [2.45, 2.75) is 59.7 Å². The zero-order valence-corrected chi connectivity index (χ0v) is 19.1. The smallest absolute Gasteiger partial charge is 0.261 e. The summed E-state index contributed by atoms with van der Waals surface area (Å²) in [6.07, 6.45) is 0.823. The molecule has 1 N–H and O–H groups in total. The summed E-state index contributed by atoms with van der Waals surface area (Å²) in [4.78, 5) is 27.3. The van der Waals surface area contributed by atoms with E-state index in [1.165, 1.54) is 0 Å². The number of nitrogens with zero attached hydrogens (tertiary/aromatic N) is 1. The average Bonchev–Trinajstić information content (AvgIpc) is 2.74. The number of amides is 2. The van der Waals surface area contributed by atoms with Gasteiger partial charge in [0.25, 0.3) is 5.91 Å². The molecule has 6 heteroatoms. The summed E-state index contributed by atoms with van der Waals surface area (Å²) in [5.74, 6) is 0.154. The fourth-order valence-corrected chi connectivity index (χ4v) is 3.15. The zero-order chi connectivity index (χ0) is 22.3. The van der Waals surface area contributed by atoms with E-state index in [9.17, 15) is 9.59 Å². The molecule has 0 aromatic heterocycles. The van der Waals surface area contributed by atoms with Gasteiger partial charge in [0.2, 0.25) is 5.91 Å². The molecule has 0 spiro atoms. The Morgan fingerprint density at radius 1 is 1.10 bits per heavy atom. The van der Waals surface area contributed by atoms with Crippen LogP contribution in [0.2, 0.25) is 5.02 Å². The minimum absolute atomic E-state index is 0.0462. The number of carbonyl (C=O) groups excluding carboxylic acids is 2. The second-order valence-corrected chi connectivity index (χ2v) is 8.04. The van der Waals surface area contributed by atoms with E-state index in [-0.39, 0.29) is 24.5 Å². The molecule has 2 aromatic carbocycles. The van der Waals surface area contributed by atoms with E-state index in [0.717, 1.165) is 23.1 Å². The summed E-state index contributed by atoms with van der Waals surface area (Å²) in [6.45, 7) is 9.66. The lowest BCUT2D eigenvalue weighted by Crippen LogP contribution is -2.50. The van der Waals surface area contributed by atoms with Crippen molar-refractivity contribution in [3.8, 4) is 5.75 Å². The van der Waals surface area contributed by atoms with Crippen LogP contribution in [-0.4, -0.2) is 35.4 Å². The Labute approximate surface area is 184 Å². The van der Waals surface area contributed by atoms with Crippen LogP contribution in [0.25, 0.3) is 0 Å². The Kier molecular flexibility index (Phi) is 8.72. The maximum Gasteiger partial charge on any atom is 0.261 e. The monoisotopic (exact) mass is 430 g/mol. The van der Waals surface area contributed by atoms with Gasteiger partial charge >= 0.3 is 0 Å². The molecule has 2 aromatic rings. The molecule has 0 radical (unpaired) electrons. The topological polar surface area (TPSA) is 58.6 Å². The van der Waals surface area contributed by atoms with Crippen molar-refractivity contribution in [1.29, 1.82) is 0 Å². The molecule has 162 valence electrons. The number of ether oxygens (including phenoxy) is 1. The SMILES string of the molecule is CC[C@@H](C)NC(=O)[C@@H](C)N(Cc1ccccc1)C(=O)COc1cc(C)c(Cl)c(C)c1. The normalized spacial score (nSPS) is 12.7. The summed E-state index contributed by atoms with van der Waals surface area (Å²) in [6, 6.07) is 12.7. The van der Waals surface area contributed by atoms with Crippen LogP contribution < -0.4 is 10.1 Å². The standard InChI is InChI=1S/C24H31ClN2O3/c1-6-18(4)26-24(29)19(5)27(14-20-10-8-7-9-11-20)22(28)15-30-21-12-16(2)23(25)17(3)13-21/h7-13,18-19H,6,14-15H2,1-5H3,(H,26,29)/t18-,19-/m1/s1. The number of nitrogens with one attached hydrogen (secondary N) is 1. The molecular weight excluding hydrogens is 400 g/mol. The van der Waals surface area contributed by atoms with Crippen molar-refractivity contribution in [3.63, 3.8) is 0 Å². The van der Waals surface area contributed by atoms with Crippen LogP contribution in [0.4, 0.5) is 0 Å². The van der Waals surface area contributed by atoms with E-state index in [2.05, 4.69) is 5.32 Å². The molecule has 0 saturated carbocycles. The van der Waals surface area contributed by atoms with Crippen LogP contribution in [0.15, 0.2) is 42.5 Å². The molecule has 0 heterocycles. The summed E-state index contributed by atoms with van der Waals surface area (Å²) in [7, 11) is 0. The van der Waals surface area contributed by atoms with Crippen LogP contribution in [0, 0.1) is 13.8 Å². The number of carbonyl (C=O) groups is 2. The number of rotatable bonds is 9. The molecule has 2 rings (SSSR count). The van der Waals surface area contributed by atoms with E-state index in [4.69, 9.17) is 16.3 Å². The molecule has 0 aliphatic rings. The molecule has 2 amide bonds. The molecule has 0 bridgehead atoms. The van der Waals surface area contributed by atoms with Gasteiger partial charge in [-0.2, -0.15) is 0 Å². The Balaban J connectivity index is 2.16. The van der Waals surface area contributed by atoms with Crippen LogP contribution in [0.5, 0.6) is 5.75 Å². The first-order chi connectivity index (χ1) is 14.2. The predicted molar refractivity (Wildman–Crippen MR) is 121 cm³/mol. The first-order valence-electron chi connectivity index (χ1n) is 10.3. The van der Waals surface area contributed by atoms with Crippen molar-refractivity contribution < 1.29 is 14.3 Å². The lowest BCUT2D eigenvalue weighted by Gasteiger charge is -2.29. The van der Waals surface area contributed by atoms with Crippen molar-refractivity contribution >= 4 is 23.4 Å². The molecule has 2 atom stereocenters. The Hall–Kier alpha value is -2.53. The van der Waals surface area contributed by atoms with E-state index in [1.807, 2.05) is 70.2 Å². The number of benzene rings is 2. The van der Waals surface area contributed by atoms with Gasteiger partial charge in [-0.15, -0.1) is 0 Å². The van der Waals surface area contributed by atoms with Gasteiger partial charge in [0.05, 0.1) is 0 Å². The minimum atomic E-state index is -0.621. The van der Waals surface area contributed by atoms with Crippen LogP contribution in [0.1, 0.15) is 43.9 Å². The van der Waals surface area contributed by atoms with E-state index < -0.39 is 6.04 Å². The minimum Gasteiger partial charge on any atom is -0.484 e. The lowest BCUT2D eigenvalue weighted by atomic mass is 10.1. The molecule has 0 aliphatic heterocycles. The van der Waals surface area contributed by atoms with Crippen molar-refractivity contribution in [1.82, 2.24) is 10.2 Å². The number of hydrogen-bond donors (Lipinski definition) is 1. The highest BCUT2D eigenvalue weighted by atomic mass is 35.5. The van der Waals surface area contributed by atoms with Gasteiger partial charge < -0.3 is 15.0 Å². The third-order valence-corrected chi connectivity index (χ3v) is 5.73. The molecule has 0 aliphatic carbocycles. The first-order valence-corrected chi connectivity index (χ1v) is 10.6. The highest BCUT2D eigenvalue weighted by Gasteiger charge is 2.27. The zero-order valence-electron chi connectivity index (χ0n) is 18.4. The summed E-state index contributed by atoms with van der Waals surface area (Å²) in [5.41, 5.74) is 2.73. The summed E-state index contributed by atoms with van der Waals surface area (Å²) < 4.78 is 5.75. The van der Waals surface area contributed by atoms with Gasteiger partial charge in [-0.25, -0.2) is 0 Å². The van der Waals surface area contributed by atoms with Crippen molar-refractivity contribution in [3.05, 3.63) is 64.2 Å². The Bertz CT molecular complexity index is 847. The second kappa shape index (κ2) is 11.0. The maximum atomic E-state index is 13.1. The van der Waals surface area contributed by atoms with Gasteiger partial charge in [0, 0.05) is 17.6 Å². The largest absolute Gasteiger partial charge is 0.484 e. The number of hydrogen-bond acceptors (Lipinski definition) is 3. The highest BCUT2D eigenvalue weighted by Crippen LogP contribution is 2.26. The molecule has 0 fully saturated rings. The quantitative estimate of drug-likeness (QED) is 0.629. The van der Waals surface area contributed by atoms with E-state index in [0.29, 0.717) is 17.3 Å². The first kappa shape index (κ1) is 23.7. The van der Waals surface area contributed by atoms with Crippen molar-refractivity contribution in [2.24, 2.45) is 0 Å². The van der Waals surface area contributed by atoms with Gasteiger partial charge in [-0.3, -0.25) is 9.59 Å². The van der Waals surface area contributed by atoms with Gasteiger partial charge in [-0.05, 0) is 62.9 Å². The van der Waals surface area contributed by atoms with E-state index >= 15 is 0 Å². The Morgan fingerprint density at radius 2 is 1.70 bits per heavy atom.